The molecule has 0 radical (unpaired) electrons. The third kappa shape index (κ3) is 1.74. The normalized spacial score (nSPS) is 14.9. The number of aldehydes is 1. The van der Waals surface area contributed by atoms with Crippen molar-refractivity contribution in [3.63, 3.8) is 0 Å². The van der Waals surface area contributed by atoms with Crippen LogP contribution in [0.2, 0.25) is 5.02 Å². The molecule has 5 heteroatoms. The number of nitrogens with zero attached hydrogens (tertiary/aromatic N) is 3. The summed E-state index contributed by atoms with van der Waals surface area (Å²) in [4.78, 5) is 11.2. The molecule has 17 heavy (non-hydrogen) atoms. The Morgan fingerprint density at radius 1 is 1.35 bits per heavy atom. The highest BCUT2D eigenvalue weighted by Crippen LogP contribution is 2.37. The molecule has 1 aromatic heterocycles. The van der Waals surface area contributed by atoms with Crippen molar-refractivity contribution in [2.45, 2.75) is 18.9 Å². The number of rotatable bonds is 3. The Balaban J connectivity index is 2.14. The zero-order valence-corrected chi connectivity index (χ0v) is 9.76. The SMILES string of the molecule is O=Cc1c(-c2ccccc2Cl)nnn1C1CC1. The Hall–Kier alpha value is -1.68. The zero-order chi connectivity index (χ0) is 11.8. The van der Waals surface area contributed by atoms with E-state index >= 15 is 0 Å². The highest BCUT2D eigenvalue weighted by Gasteiger charge is 2.29. The summed E-state index contributed by atoms with van der Waals surface area (Å²) in [5, 5.41) is 8.70. The first-order chi connectivity index (χ1) is 8.31. The number of hydrogen-bond acceptors (Lipinski definition) is 3. The van der Waals surface area contributed by atoms with Crippen molar-refractivity contribution in [3.05, 3.63) is 35.0 Å². The lowest BCUT2D eigenvalue weighted by Crippen LogP contribution is -2.01. The van der Waals surface area contributed by atoms with Gasteiger partial charge in [0.25, 0.3) is 0 Å². The molecular weight excluding hydrogens is 238 g/mol. The van der Waals surface area contributed by atoms with Crippen molar-refractivity contribution in [2.24, 2.45) is 0 Å². The predicted molar refractivity (Wildman–Crippen MR) is 64.1 cm³/mol. The number of carbonyl (C=O) groups is 1. The zero-order valence-electron chi connectivity index (χ0n) is 9.01. The van der Waals surface area contributed by atoms with Crippen LogP contribution in [0.1, 0.15) is 29.4 Å². The minimum atomic E-state index is 0.332. The molecular formula is C12H10ClN3O. The largest absolute Gasteiger partial charge is 0.296 e. The molecule has 1 aliphatic rings. The Bertz CT molecular complexity index is 575. The van der Waals surface area contributed by atoms with Gasteiger partial charge in [-0.3, -0.25) is 4.79 Å². The van der Waals surface area contributed by atoms with E-state index in [1.54, 1.807) is 10.7 Å². The van der Waals surface area contributed by atoms with E-state index in [4.69, 9.17) is 11.6 Å². The van der Waals surface area contributed by atoms with Gasteiger partial charge in [-0.15, -0.1) is 5.10 Å². The molecule has 0 spiro atoms. The molecule has 1 saturated carbocycles. The maximum atomic E-state index is 11.2. The minimum absolute atomic E-state index is 0.332. The van der Waals surface area contributed by atoms with Gasteiger partial charge in [0.05, 0.1) is 11.1 Å². The fourth-order valence-electron chi connectivity index (χ4n) is 1.84. The van der Waals surface area contributed by atoms with E-state index in [9.17, 15) is 4.79 Å². The van der Waals surface area contributed by atoms with Crippen molar-refractivity contribution in [3.8, 4) is 11.3 Å². The smallest absolute Gasteiger partial charge is 0.170 e. The van der Waals surface area contributed by atoms with E-state index in [-0.39, 0.29) is 0 Å². The predicted octanol–water partition coefficient (Wildman–Crippen LogP) is 2.75. The molecule has 86 valence electrons. The first-order valence-corrected chi connectivity index (χ1v) is 5.84. The second-order valence-corrected chi connectivity index (χ2v) is 4.50. The molecule has 1 aromatic carbocycles. The van der Waals surface area contributed by atoms with Gasteiger partial charge >= 0.3 is 0 Å². The van der Waals surface area contributed by atoms with Crippen LogP contribution in [-0.2, 0) is 0 Å². The summed E-state index contributed by atoms with van der Waals surface area (Å²) in [6, 6.07) is 7.67. The summed E-state index contributed by atoms with van der Waals surface area (Å²) < 4.78 is 1.70. The van der Waals surface area contributed by atoms with Crippen LogP contribution in [0.5, 0.6) is 0 Å². The number of aromatic nitrogens is 3. The summed E-state index contributed by atoms with van der Waals surface area (Å²) in [5.74, 6) is 0. The van der Waals surface area contributed by atoms with Gasteiger partial charge in [0.15, 0.2) is 6.29 Å². The molecule has 3 rings (SSSR count). The topological polar surface area (TPSA) is 47.8 Å². The van der Waals surface area contributed by atoms with Gasteiger partial charge in [-0.2, -0.15) is 0 Å². The highest BCUT2D eigenvalue weighted by atomic mass is 35.5. The van der Waals surface area contributed by atoms with E-state index in [0.29, 0.717) is 22.5 Å². The third-order valence-corrected chi connectivity index (χ3v) is 3.19. The molecule has 4 nitrogen and oxygen atoms in total. The molecule has 0 bridgehead atoms. The highest BCUT2D eigenvalue weighted by molar-refractivity contribution is 6.33. The Morgan fingerprint density at radius 2 is 2.12 bits per heavy atom. The lowest BCUT2D eigenvalue weighted by atomic mass is 10.1. The van der Waals surface area contributed by atoms with E-state index in [0.717, 1.165) is 24.7 Å². The molecule has 2 aromatic rings. The minimum Gasteiger partial charge on any atom is -0.296 e. The molecule has 1 aliphatic carbocycles. The first kappa shape index (κ1) is 10.5. The van der Waals surface area contributed by atoms with E-state index < -0.39 is 0 Å². The summed E-state index contributed by atoms with van der Waals surface area (Å²) in [5.41, 5.74) is 1.83. The number of halogens is 1. The van der Waals surface area contributed by atoms with Crippen molar-refractivity contribution < 1.29 is 4.79 Å². The van der Waals surface area contributed by atoms with Crippen LogP contribution < -0.4 is 0 Å². The van der Waals surface area contributed by atoms with Crippen molar-refractivity contribution >= 4 is 17.9 Å². The second-order valence-electron chi connectivity index (χ2n) is 4.10. The summed E-state index contributed by atoms with van der Waals surface area (Å²) in [6.45, 7) is 0. The summed E-state index contributed by atoms with van der Waals surface area (Å²) >= 11 is 6.10. The van der Waals surface area contributed by atoms with Crippen LogP contribution >= 0.6 is 11.6 Å². The van der Waals surface area contributed by atoms with Gasteiger partial charge < -0.3 is 0 Å². The van der Waals surface area contributed by atoms with Gasteiger partial charge in [0.2, 0.25) is 0 Å². The lowest BCUT2D eigenvalue weighted by molar-refractivity contribution is 0.111. The standard InChI is InChI=1S/C12H10ClN3O/c13-10-4-2-1-3-9(10)12-11(7-17)16(15-14-12)8-5-6-8/h1-4,7-8H,5-6H2. The van der Waals surface area contributed by atoms with Gasteiger partial charge in [0, 0.05) is 5.56 Å². The maximum absolute atomic E-state index is 11.2. The average Bonchev–Trinajstić information content (AvgIpc) is 3.10. The molecule has 0 aliphatic heterocycles. The number of carbonyl (C=O) groups excluding carboxylic acids is 1. The monoisotopic (exact) mass is 247 g/mol. The number of hydrogen-bond donors (Lipinski definition) is 0. The second kappa shape index (κ2) is 3.96. The van der Waals surface area contributed by atoms with E-state index in [1.807, 2.05) is 18.2 Å². The fourth-order valence-corrected chi connectivity index (χ4v) is 2.07. The molecule has 1 fully saturated rings. The Morgan fingerprint density at radius 3 is 2.76 bits per heavy atom. The maximum Gasteiger partial charge on any atom is 0.170 e. The van der Waals surface area contributed by atoms with Crippen LogP contribution in [0.3, 0.4) is 0 Å². The van der Waals surface area contributed by atoms with Crippen LogP contribution in [0, 0.1) is 0 Å². The average molecular weight is 248 g/mol. The Labute approximate surface area is 103 Å². The van der Waals surface area contributed by atoms with E-state index in [2.05, 4.69) is 10.3 Å². The van der Waals surface area contributed by atoms with Crippen LogP contribution in [0.25, 0.3) is 11.3 Å². The number of benzene rings is 1. The molecule has 0 saturated heterocycles. The van der Waals surface area contributed by atoms with Crippen molar-refractivity contribution in [1.82, 2.24) is 15.0 Å². The molecule has 0 amide bonds. The lowest BCUT2D eigenvalue weighted by Gasteiger charge is -2.01. The van der Waals surface area contributed by atoms with Crippen molar-refractivity contribution in [2.75, 3.05) is 0 Å². The van der Waals surface area contributed by atoms with Gasteiger partial charge in [-0.1, -0.05) is 35.0 Å². The van der Waals surface area contributed by atoms with Crippen molar-refractivity contribution in [1.29, 1.82) is 0 Å². The first-order valence-electron chi connectivity index (χ1n) is 5.46. The van der Waals surface area contributed by atoms with Gasteiger partial charge in [-0.25, -0.2) is 4.68 Å². The van der Waals surface area contributed by atoms with E-state index in [1.165, 1.54) is 0 Å². The summed E-state index contributed by atoms with van der Waals surface area (Å²) in [7, 11) is 0. The quantitative estimate of drug-likeness (QED) is 0.784. The van der Waals surface area contributed by atoms with Gasteiger partial charge in [-0.05, 0) is 18.9 Å². The van der Waals surface area contributed by atoms with Gasteiger partial charge in [0.1, 0.15) is 11.4 Å². The molecule has 0 atom stereocenters. The Kier molecular flexibility index (Phi) is 2.44. The molecule has 1 heterocycles. The molecule has 0 unspecified atom stereocenters. The van der Waals surface area contributed by atoms with Crippen LogP contribution in [0.15, 0.2) is 24.3 Å². The third-order valence-electron chi connectivity index (χ3n) is 2.86. The van der Waals surface area contributed by atoms with Crippen LogP contribution in [0.4, 0.5) is 0 Å². The van der Waals surface area contributed by atoms with Crippen LogP contribution in [-0.4, -0.2) is 21.3 Å². The summed E-state index contributed by atoms with van der Waals surface area (Å²) in [6.07, 6.45) is 2.93. The molecule has 0 N–H and O–H groups in total. The fraction of sp³-hybridized carbons (Fsp3) is 0.250.